The molecule has 5 nitrogen and oxygen atoms in total. The fourth-order valence-electron chi connectivity index (χ4n) is 1.32. The molecule has 0 radical (unpaired) electrons. The first-order chi connectivity index (χ1) is 9.43. The molecule has 1 rings (SSSR count). The number of aryl methyl sites for hydroxylation is 1. The highest BCUT2D eigenvalue weighted by Gasteiger charge is 2.09. The molecule has 0 saturated carbocycles. The summed E-state index contributed by atoms with van der Waals surface area (Å²) in [5, 5.41) is 1.03. The molecule has 6 heteroatoms. The lowest BCUT2D eigenvalue weighted by Crippen LogP contribution is -2.29. The molecule has 0 spiro atoms. The Morgan fingerprint density at radius 1 is 1.30 bits per heavy atom. The molecule has 0 amide bonds. The van der Waals surface area contributed by atoms with Crippen LogP contribution < -0.4 is 4.72 Å². The molecule has 0 heterocycles. The van der Waals surface area contributed by atoms with Crippen molar-refractivity contribution in [3.05, 3.63) is 40.8 Å². The van der Waals surface area contributed by atoms with Gasteiger partial charge in [-0.15, -0.1) is 0 Å². The second-order valence-corrected chi connectivity index (χ2v) is 5.95. The van der Waals surface area contributed by atoms with Crippen molar-refractivity contribution in [2.45, 2.75) is 20.3 Å². The summed E-state index contributed by atoms with van der Waals surface area (Å²) in [6.07, 6.45) is 2.17. The van der Waals surface area contributed by atoms with Crippen molar-refractivity contribution in [2.24, 2.45) is 0 Å². The molecule has 0 bridgehead atoms. The van der Waals surface area contributed by atoms with Crippen molar-refractivity contribution in [3.8, 4) is 0 Å². The van der Waals surface area contributed by atoms with E-state index in [4.69, 9.17) is 4.74 Å². The van der Waals surface area contributed by atoms with Gasteiger partial charge in [0, 0.05) is 5.41 Å². The van der Waals surface area contributed by atoms with Crippen molar-refractivity contribution >= 4 is 22.1 Å². The minimum atomic E-state index is -3.64. The molecule has 20 heavy (non-hydrogen) atoms. The van der Waals surface area contributed by atoms with E-state index in [1.165, 1.54) is 6.08 Å². The first-order valence-electron chi connectivity index (χ1n) is 6.33. The minimum absolute atomic E-state index is 0.291. The Labute approximate surface area is 119 Å². The zero-order valence-corrected chi connectivity index (χ0v) is 12.4. The van der Waals surface area contributed by atoms with E-state index in [0.717, 1.165) is 16.5 Å². The summed E-state index contributed by atoms with van der Waals surface area (Å²) in [7, 11) is -3.64. The summed E-state index contributed by atoms with van der Waals surface area (Å²) in [6, 6.07) is 7.41. The van der Waals surface area contributed by atoms with E-state index < -0.39 is 16.0 Å². The van der Waals surface area contributed by atoms with Gasteiger partial charge in [0.25, 0.3) is 0 Å². The fourth-order valence-corrected chi connectivity index (χ4v) is 2.07. The fraction of sp³-hybridized carbons (Fsp3) is 0.357. The third-order valence-corrected chi connectivity index (χ3v) is 3.44. The van der Waals surface area contributed by atoms with Crippen LogP contribution in [0.1, 0.15) is 24.5 Å². The van der Waals surface area contributed by atoms with Gasteiger partial charge in [-0.05, 0) is 25.0 Å². The molecule has 0 saturated heterocycles. The SMILES string of the molecule is CCCOC(=O)CNS(=O)(=O)C=Cc1ccc(C)cc1. The van der Waals surface area contributed by atoms with Crippen LogP contribution in [0, 0.1) is 6.92 Å². The highest BCUT2D eigenvalue weighted by Crippen LogP contribution is 2.05. The molecular formula is C14H19NO4S. The van der Waals surface area contributed by atoms with Crippen LogP contribution >= 0.6 is 0 Å². The van der Waals surface area contributed by atoms with Gasteiger partial charge in [0.05, 0.1) is 6.61 Å². The van der Waals surface area contributed by atoms with Crippen molar-refractivity contribution in [1.29, 1.82) is 0 Å². The van der Waals surface area contributed by atoms with Crippen LogP contribution in [0.3, 0.4) is 0 Å². The van der Waals surface area contributed by atoms with E-state index in [0.29, 0.717) is 13.0 Å². The van der Waals surface area contributed by atoms with Crippen molar-refractivity contribution in [3.63, 3.8) is 0 Å². The number of benzene rings is 1. The Morgan fingerprint density at radius 2 is 1.95 bits per heavy atom. The molecule has 1 N–H and O–H groups in total. The summed E-state index contributed by atoms with van der Waals surface area (Å²) in [6.45, 7) is 3.75. The molecule has 0 fully saturated rings. The highest BCUT2D eigenvalue weighted by atomic mass is 32.2. The lowest BCUT2D eigenvalue weighted by Gasteiger charge is -2.03. The van der Waals surface area contributed by atoms with Gasteiger partial charge in [0.15, 0.2) is 0 Å². The predicted molar refractivity (Wildman–Crippen MR) is 78.4 cm³/mol. The first-order valence-corrected chi connectivity index (χ1v) is 7.87. The third-order valence-electron chi connectivity index (χ3n) is 2.40. The van der Waals surface area contributed by atoms with Gasteiger partial charge in [-0.3, -0.25) is 4.79 Å². The predicted octanol–water partition coefficient (Wildman–Crippen LogP) is 1.84. The molecule has 1 aromatic carbocycles. The quantitative estimate of drug-likeness (QED) is 0.779. The second-order valence-electron chi connectivity index (χ2n) is 4.30. The van der Waals surface area contributed by atoms with Gasteiger partial charge < -0.3 is 4.74 Å². The topological polar surface area (TPSA) is 72.5 Å². The summed E-state index contributed by atoms with van der Waals surface area (Å²) in [5.74, 6) is -0.584. The lowest BCUT2D eigenvalue weighted by atomic mass is 10.2. The van der Waals surface area contributed by atoms with Crippen LogP contribution in [0.2, 0.25) is 0 Å². The highest BCUT2D eigenvalue weighted by molar-refractivity contribution is 7.92. The van der Waals surface area contributed by atoms with Crippen LogP contribution in [-0.4, -0.2) is 27.5 Å². The molecule has 0 aliphatic carbocycles. The maximum absolute atomic E-state index is 11.6. The van der Waals surface area contributed by atoms with Gasteiger partial charge >= 0.3 is 5.97 Å². The number of nitrogens with one attached hydrogen (secondary N) is 1. The molecule has 0 aromatic heterocycles. The number of ether oxygens (including phenoxy) is 1. The van der Waals surface area contributed by atoms with Gasteiger partial charge in [0.2, 0.25) is 10.0 Å². The van der Waals surface area contributed by atoms with Gasteiger partial charge in [-0.1, -0.05) is 36.8 Å². The standard InChI is InChI=1S/C14H19NO4S/c1-3-9-19-14(16)11-15-20(17,18)10-8-13-6-4-12(2)5-7-13/h4-8,10,15H,3,9,11H2,1-2H3. The maximum Gasteiger partial charge on any atom is 0.321 e. The lowest BCUT2D eigenvalue weighted by molar-refractivity contribution is -0.142. The van der Waals surface area contributed by atoms with Crippen LogP contribution in [0.25, 0.3) is 6.08 Å². The number of esters is 1. The number of hydrogen-bond donors (Lipinski definition) is 1. The Kier molecular flexibility index (Phi) is 6.41. The average molecular weight is 297 g/mol. The van der Waals surface area contributed by atoms with E-state index in [-0.39, 0.29) is 6.54 Å². The molecule has 0 aliphatic rings. The number of sulfonamides is 1. The monoisotopic (exact) mass is 297 g/mol. The third kappa shape index (κ3) is 6.49. The Bertz CT molecular complexity index is 561. The summed E-state index contributed by atoms with van der Waals surface area (Å²) in [4.78, 5) is 11.2. The molecule has 110 valence electrons. The van der Waals surface area contributed by atoms with E-state index >= 15 is 0 Å². The smallest absolute Gasteiger partial charge is 0.321 e. The van der Waals surface area contributed by atoms with Crippen LogP contribution in [-0.2, 0) is 19.6 Å². The Hall–Kier alpha value is -1.66. The Balaban J connectivity index is 2.52. The van der Waals surface area contributed by atoms with Gasteiger partial charge in [-0.2, -0.15) is 0 Å². The van der Waals surface area contributed by atoms with Crippen LogP contribution in [0.5, 0.6) is 0 Å². The summed E-state index contributed by atoms with van der Waals surface area (Å²) in [5.41, 5.74) is 1.87. The molecule has 0 unspecified atom stereocenters. The van der Waals surface area contributed by atoms with Crippen molar-refractivity contribution in [1.82, 2.24) is 4.72 Å². The molecule has 0 aliphatic heterocycles. The second kappa shape index (κ2) is 7.81. The zero-order valence-electron chi connectivity index (χ0n) is 11.6. The largest absolute Gasteiger partial charge is 0.465 e. The average Bonchev–Trinajstić information content (AvgIpc) is 2.42. The maximum atomic E-state index is 11.6. The van der Waals surface area contributed by atoms with Gasteiger partial charge in [-0.25, -0.2) is 13.1 Å². The molecular weight excluding hydrogens is 278 g/mol. The number of hydrogen-bond acceptors (Lipinski definition) is 4. The summed E-state index contributed by atoms with van der Waals surface area (Å²) >= 11 is 0. The normalized spacial score (nSPS) is 11.7. The Morgan fingerprint density at radius 3 is 2.55 bits per heavy atom. The zero-order chi connectivity index (χ0) is 15.0. The van der Waals surface area contributed by atoms with Crippen LogP contribution in [0.4, 0.5) is 0 Å². The van der Waals surface area contributed by atoms with E-state index in [1.54, 1.807) is 0 Å². The number of carbonyl (C=O) groups excluding carboxylic acids is 1. The van der Waals surface area contributed by atoms with Crippen LogP contribution in [0.15, 0.2) is 29.7 Å². The minimum Gasteiger partial charge on any atom is -0.465 e. The first kappa shape index (κ1) is 16.4. The molecule has 0 atom stereocenters. The summed E-state index contributed by atoms with van der Waals surface area (Å²) < 4.78 is 30.2. The van der Waals surface area contributed by atoms with E-state index in [9.17, 15) is 13.2 Å². The number of rotatable bonds is 7. The van der Waals surface area contributed by atoms with Crippen molar-refractivity contribution in [2.75, 3.05) is 13.2 Å². The van der Waals surface area contributed by atoms with Crippen molar-refractivity contribution < 1.29 is 17.9 Å². The molecule has 1 aromatic rings. The van der Waals surface area contributed by atoms with Gasteiger partial charge in [0.1, 0.15) is 6.54 Å². The number of carbonyl (C=O) groups is 1. The van der Waals surface area contributed by atoms with E-state index in [2.05, 4.69) is 4.72 Å². The van der Waals surface area contributed by atoms with E-state index in [1.807, 2.05) is 38.1 Å².